The lowest BCUT2D eigenvalue weighted by Crippen LogP contribution is -2.47. The molecule has 1 aliphatic carbocycles. The van der Waals surface area contributed by atoms with Gasteiger partial charge in [0.2, 0.25) is 5.91 Å². The lowest BCUT2D eigenvalue weighted by Gasteiger charge is -2.31. The average molecular weight is 402 g/mol. The molecule has 1 aromatic heterocycles. The smallest absolute Gasteiger partial charge is 0.237 e. The second-order valence-corrected chi connectivity index (χ2v) is 8.40. The Morgan fingerprint density at radius 2 is 1.70 bits per heavy atom. The van der Waals surface area contributed by atoms with Crippen molar-refractivity contribution in [2.45, 2.75) is 50.7 Å². The van der Waals surface area contributed by atoms with Crippen LogP contribution < -0.4 is 5.32 Å². The van der Waals surface area contributed by atoms with Gasteiger partial charge in [-0.25, -0.2) is 0 Å². The fourth-order valence-electron chi connectivity index (χ4n) is 4.32. The number of hydrogen-bond donors (Lipinski definition) is 1. The molecular weight excluding hydrogens is 374 g/mol. The molecule has 2 aliphatic rings. The van der Waals surface area contributed by atoms with E-state index in [1.54, 1.807) is 0 Å². The highest BCUT2D eigenvalue weighted by Crippen LogP contribution is 2.36. The molecular formula is C25H27N3O2. The summed E-state index contributed by atoms with van der Waals surface area (Å²) in [5.74, 6) is 1.09. The first-order chi connectivity index (χ1) is 14.7. The fourth-order valence-corrected chi connectivity index (χ4v) is 4.32. The lowest BCUT2D eigenvalue weighted by atomic mass is 9.85. The van der Waals surface area contributed by atoms with E-state index in [9.17, 15) is 4.79 Å². The van der Waals surface area contributed by atoms with E-state index in [0.717, 1.165) is 42.8 Å². The van der Waals surface area contributed by atoms with Crippen molar-refractivity contribution in [3.05, 3.63) is 88.8 Å². The number of rotatable bonds is 6. The summed E-state index contributed by atoms with van der Waals surface area (Å²) in [5, 5.41) is 7.68. The van der Waals surface area contributed by atoms with E-state index in [1.165, 1.54) is 11.1 Å². The summed E-state index contributed by atoms with van der Waals surface area (Å²) in [6, 6.07) is 21.1. The van der Waals surface area contributed by atoms with Crippen molar-refractivity contribution < 1.29 is 9.32 Å². The van der Waals surface area contributed by atoms with Gasteiger partial charge in [0.05, 0.1) is 12.0 Å². The molecule has 30 heavy (non-hydrogen) atoms. The molecule has 0 unspecified atom stereocenters. The molecule has 0 saturated heterocycles. The predicted molar refractivity (Wildman–Crippen MR) is 115 cm³/mol. The van der Waals surface area contributed by atoms with Crippen LogP contribution in [-0.4, -0.2) is 34.6 Å². The minimum Gasteiger partial charge on any atom is -0.361 e. The monoisotopic (exact) mass is 401 g/mol. The maximum Gasteiger partial charge on any atom is 0.237 e. The second kappa shape index (κ2) is 8.07. The summed E-state index contributed by atoms with van der Waals surface area (Å²) in [4.78, 5) is 14.9. The first-order valence-electron chi connectivity index (χ1n) is 10.8. The number of nitrogens with one attached hydrogen (secondary N) is 1. The number of carbonyl (C=O) groups excluding carboxylic acids is 1. The molecule has 1 atom stereocenters. The maximum atomic E-state index is 12.6. The van der Waals surface area contributed by atoms with Crippen molar-refractivity contribution in [1.29, 1.82) is 0 Å². The van der Waals surface area contributed by atoms with Crippen LogP contribution in [0, 0.1) is 0 Å². The molecule has 2 aromatic carbocycles. The Hall–Kier alpha value is -2.92. The number of fused-ring (bicyclic) bond motifs is 1. The van der Waals surface area contributed by atoms with Crippen molar-refractivity contribution in [3.8, 4) is 0 Å². The summed E-state index contributed by atoms with van der Waals surface area (Å²) in [5.41, 5.74) is 4.47. The number of aromatic nitrogens is 1. The van der Waals surface area contributed by atoms with Crippen LogP contribution in [0.4, 0.5) is 0 Å². The van der Waals surface area contributed by atoms with Crippen molar-refractivity contribution >= 4 is 5.91 Å². The maximum absolute atomic E-state index is 12.6. The Balaban J connectivity index is 1.47. The van der Waals surface area contributed by atoms with Crippen molar-refractivity contribution in [3.63, 3.8) is 0 Å². The van der Waals surface area contributed by atoms with Gasteiger partial charge in [0.1, 0.15) is 11.5 Å². The van der Waals surface area contributed by atoms with Gasteiger partial charge in [0.25, 0.3) is 0 Å². The zero-order valence-electron chi connectivity index (χ0n) is 17.3. The van der Waals surface area contributed by atoms with Crippen LogP contribution in [0.25, 0.3) is 0 Å². The third kappa shape index (κ3) is 3.77. The highest BCUT2D eigenvalue weighted by atomic mass is 16.5. The molecule has 1 saturated carbocycles. The molecule has 0 bridgehead atoms. The Morgan fingerprint density at radius 1 is 1.07 bits per heavy atom. The Labute approximate surface area is 177 Å². The molecule has 0 radical (unpaired) electrons. The topological polar surface area (TPSA) is 58.4 Å². The highest BCUT2D eigenvalue weighted by molar-refractivity contribution is 5.81. The van der Waals surface area contributed by atoms with Crippen LogP contribution in [0.3, 0.4) is 0 Å². The molecule has 3 aromatic rings. The number of nitrogens with zero attached hydrogens (tertiary/aromatic N) is 2. The second-order valence-electron chi connectivity index (χ2n) is 8.40. The van der Waals surface area contributed by atoms with Gasteiger partial charge in [-0.15, -0.1) is 0 Å². The van der Waals surface area contributed by atoms with Crippen LogP contribution in [-0.2, 0) is 17.8 Å². The quantitative estimate of drug-likeness (QED) is 0.681. The van der Waals surface area contributed by atoms with Crippen LogP contribution in [0.1, 0.15) is 53.8 Å². The fraction of sp³-hybridized carbons (Fsp3) is 0.360. The van der Waals surface area contributed by atoms with Gasteiger partial charge in [-0.2, -0.15) is 0 Å². The number of hydrogen-bond acceptors (Lipinski definition) is 4. The zero-order valence-corrected chi connectivity index (χ0v) is 17.3. The van der Waals surface area contributed by atoms with Gasteiger partial charge < -0.3 is 9.84 Å². The normalized spacial score (nSPS) is 17.5. The molecule has 1 amide bonds. The minimum atomic E-state index is -0.159. The van der Waals surface area contributed by atoms with E-state index in [2.05, 4.69) is 63.9 Å². The predicted octanol–water partition coefficient (Wildman–Crippen LogP) is 3.88. The third-order valence-electron chi connectivity index (χ3n) is 6.28. The molecule has 1 aliphatic heterocycles. The molecule has 2 heterocycles. The number of benzene rings is 2. The summed E-state index contributed by atoms with van der Waals surface area (Å²) in [6.45, 7) is 3.49. The molecule has 0 spiro atoms. The van der Waals surface area contributed by atoms with Gasteiger partial charge in [0.15, 0.2) is 0 Å². The van der Waals surface area contributed by atoms with E-state index in [-0.39, 0.29) is 17.9 Å². The summed E-state index contributed by atoms with van der Waals surface area (Å²) in [6.07, 6.45) is 2.99. The first-order valence-corrected chi connectivity index (χ1v) is 10.8. The molecule has 1 N–H and O–H groups in total. The Morgan fingerprint density at radius 3 is 2.30 bits per heavy atom. The highest BCUT2D eigenvalue weighted by Gasteiger charge is 2.34. The zero-order chi connectivity index (χ0) is 20.5. The largest absolute Gasteiger partial charge is 0.361 e. The number of carbonyl (C=O) groups is 1. The van der Waals surface area contributed by atoms with Crippen molar-refractivity contribution in [2.24, 2.45) is 0 Å². The van der Waals surface area contributed by atoms with Gasteiger partial charge in [-0.3, -0.25) is 9.69 Å². The van der Waals surface area contributed by atoms with Gasteiger partial charge in [0, 0.05) is 31.1 Å². The minimum absolute atomic E-state index is 0.00967. The molecule has 154 valence electrons. The first kappa shape index (κ1) is 19.1. The Bertz CT molecular complexity index is 972. The molecule has 5 heteroatoms. The van der Waals surface area contributed by atoms with Crippen LogP contribution in [0.15, 0.2) is 65.2 Å². The summed E-state index contributed by atoms with van der Waals surface area (Å²) >= 11 is 0. The van der Waals surface area contributed by atoms with E-state index in [4.69, 9.17) is 4.52 Å². The van der Waals surface area contributed by atoms with Crippen molar-refractivity contribution in [2.75, 3.05) is 6.54 Å². The Kier molecular flexibility index (Phi) is 5.13. The summed E-state index contributed by atoms with van der Waals surface area (Å²) in [7, 11) is 0. The van der Waals surface area contributed by atoms with E-state index < -0.39 is 0 Å². The summed E-state index contributed by atoms with van der Waals surface area (Å²) < 4.78 is 5.80. The van der Waals surface area contributed by atoms with E-state index >= 15 is 0 Å². The molecule has 1 fully saturated rings. The van der Waals surface area contributed by atoms with Crippen LogP contribution in [0.2, 0.25) is 0 Å². The van der Waals surface area contributed by atoms with Crippen molar-refractivity contribution in [1.82, 2.24) is 15.4 Å². The lowest BCUT2D eigenvalue weighted by molar-refractivity contribution is -0.126. The van der Waals surface area contributed by atoms with Crippen LogP contribution in [0.5, 0.6) is 0 Å². The number of amides is 1. The van der Waals surface area contributed by atoms with E-state index in [0.29, 0.717) is 12.6 Å². The molecule has 5 nitrogen and oxygen atoms in total. The van der Waals surface area contributed by atoms with Gasteiger partial charge >= 0.3 is 0 Å². The van der Waals surface area contributed by atoms with Gasteiger partial charge in [-0.1, -0.05) is 65.8 Å². The standard InChI is InChI=1S/C25H27N3O2/c1-17(25(29)26-20-12-13-20)28-15-14-22-21(16-28)24(27-30-22)23(18-8-4-2-5-9-18)19-10-6-3-7-11-19/h2-11,17,20,23H,12-16H2,1H3,(H,26,29)/t17-/m1/s1. The average Bonchev–Trinajstić information content (AvgIpc) is 3.52. The SMILES string of the molecule is C[C@H](C(=O)NC1CC1)N1CCc2onc(C(c3ccccc3)c3ccccc3)c2C1. The third-order valence-corrected chi connectivity index (χ3v) is 6.28. The van der Waals surface area contributed by atoms with Crippen LogP contribution >= 0.6 is 0 Å². The van der Waals surface area contributed by atoms with Gasteiger partial charge in [-0.05, 0) is 30.9 Å². The molecule has 5 rings (SSSR count). The van der Waals surface area contributed by atoms with E-state index in [1.807, 2.05) is 19.1 Å².